The molecule has 2 aromatic carbocycles. The van der Waals surface area contributed by atoms with E-state index in [2.05, 4.69) is 14.9 Å². The van der Waals surface area contributed by atoms with Crippen LogP contribution in [0.15, 0.2) is 53.9 Å². The van der Waals surface area contributed by atoms with Crippen LogP contribution < -0.4 is 15.0 Å². The summed E-state index contributed by atoms with van der Waals surface area (Å²) in [4.78, 5) is 28.6. The minimum atomic E-state index is -0.940. The summed E-state index contributed by atoms with van der Waals surface area (Å²) in [6, 6.07) is 13.7. The molecule has 1 N–H and O–H groups in total. The Morgan fingerprint density at radius 1 is 1.10 bits per heavy atom. The highest BCUT2D eigenvalue weighted by Gasteiger charge is 2.37. The number of carbonyl (C=O) groups is 2. The van der Waals surface area contributed by atoms with E-state index in [9.17, 15) is 9.59 Å². The Morgan fingerprint density at radius 2 is 1.77 bits per heavy atom. The van der Waals surface area contributed by atoms with Crippen molar-refractivity contribution in [1.82, 2.24) is 14.9 Å². The highest BCUT2D eigenvalue weighted by Crippen LogP contribution is 2.36. The fourth-order valence-electron chi connectivity index (χ4n) is 3.18. The first-order valence-corrected chi connectivity index (χ1v) is 10.7. The molecule has 0 fully saturated rings. The predicted molar refractivity (Wildman–Crippen MR) is 122 cm³/mol. The molecule has 1 aromatic heterocycles. The highest BCUT2D eigenvalue weighted by atomic mass is 32.1. The van der Waals surface area contributed by atoms with Crippen LogP contribution in [0, 0.1) is 6.92 Å². The van der Waals surface area contributed by atoms with Crippen molar-refractivity contribution >= 4 is 29.0 Å². The van der Waals surface area contributed by atoms with E-state index in [1.807, 2.05) is 58.0 Å². The van der Waals surface area contributed by atoms with E-state index >= 15 is 0 Å². The van der Waals surface area contributed by atoms with Crippen molar-refractivity contribution in [3.05, 3.63) is 70.7 Å². The smallest absolute Gasteiger partial charge is 0.280 e. The van der Waals surface area contributed by atoms with Crippen LogP contribution >= 0.6 is 11.5 Å². The number of hydrogen-bond donors (Lipinski definition) is 1. The maximum Gasteiger partial charge on any atom is 0.280 e. The van der Waals surface area contributed by atoms with Gasteiger partial charge >= 0.3 is 0 Å². The second-order valence-electron chi connectivity index (χ2n) is 8.19. The summed E-state index contributed by atoms with van der Waals surface area (Å²) in [7, 11) is 1.53. The lowest BCUT2D eigenvalue weighted by molar-refractivity contribution is -0.123. The van der Waals surface area contributed by atoms with E-state index in [0.717, 1.165) is 17.1 Å². The molecular formula is C23H26N4O3S. The SMILES string of the molecule is COc1ccccc1N(C(=O)c1csnn1)[C@@H](C(=O)NC(C)(C)C)c1ccc(C)cc1. The summed E-state index contributed by atoms with van der Waals surface area (Å²) < 4.78 is 9.34. The van der Waals surface area contributed by atoms with Gasteiger partial charge in [0.1, 0.15) is 11.8 Å². The number of benzene rings is 2. The number of carbonyl (C=O) groups excluding carboxylic acids is 2. The average molecular weight is 439 g/mol. The third-order valence-corrected chi connectivity index (χ3v) is 5.05. The van der Waals surface area contributed by atoms with Gasteiger partial charge in [-0.15, -0.1) is 5.10 Å². The Bertz CT molecular complexity index is 1040. The number of anilines is 1. The topological polar surface area (TPSA) is 84.4 Å². The Labute approximate surface area is 186 Å². The van der Waals surface area contributed by atoms with E-state index in [1.54, 1.807) is 23.6 Å². The van der Waals surface area contributed by atoms with Crippen LogP contribution in [0.2, 0.25) is 0 Å². The summed E-state index contributed by atoms with van der Waals surface area (Å²) in [5.41, 5.74) is 1.87. The van der Waals surface area contributed by atoms with Gasteiger partial charge in [-0.1, -0.05) is 46.4 Å². The molecule has 2 amide bonds. The fourth-order valence-corrected chi connectivity index (χ4v) is 3.61. The van der Waals surface area contributed by atoms with E-state index in [0.29, 0.717) is 17.0 Å². The van der Waals surface area contributed by atoms with Crippen molar-refractivity contribution in [3.63, 3.8) is 0 Å². The number of rotatable bonds is 6. The molecule has 7 nitrogen and oxygen atoms in total. The Morgan fingerprint density at radius 3 is 2.35 bits per heavy atom. The first kappa shape index (κ1) is 22.4. The molecule has 0 spiro atoms. The second-order valence-corrected chi connectivity index (χ2v) is 8.80. The number of aromatic nitrogens is 2. The van der Waals surface area contributed by atoms with Crippen LogP contribution in [0.5, 0.6) is 5.75 Å². The van der Waals surface area contributed by atoms with Gasteiger partial charge in [0.2, 0.25) is 5.91 Å². The fraction of sp³-hybridized carbons (Fsp3) is 0.304. The van der Waals surface area contributed by atoms with Crippen LogP contribution in [0.4, 0.5) is 5.69 Å². The molecule has 1 atom stereocenters. The molecule has 0 aliphatic carbocycles. The molecular weight excluding hydrogens is 412 g/mol. The molecule has 1 heterocycles. The number of nitrogens with zero attached hydrogens (tertiary/aromatic N) is 3. The number of para-hydroxylation sites is 2. The van der Waals surface area contributed by atoms with Crippen molar-refractivity contribution in [2.45, 2.75) is 39.3 Å². The molecule has 0 radical (unpaired) electrons. The lowest BCUT2D eigenvalue weighted by atomic mass is 9.99. The molecule has 0 bridgehead atoms. The van der Waals surface area contributed by atoms with Gasteiger partial charge < -0.3 is 10.1 Å². The molecule has 0 saturated carbocycles. The van der Waals surface area contributed by atoms with Crippen molar-refractivity contribution in [3.8, 4) is 5.75 Å². The summed E-state index contributed by atoms with van der Waals surface area (Å²) in [6.45, 7) is 7.67. The maximum atomic E-state index is 13.6. The zero-order chi connectivity index (χ0) is 22.6. The van der Waals surface area contributed by atoms with Crippen LogP contribution in [0.25, 0.3) is 0 Å². The summed E-state index contributed by atoms with van der Waals surface area (Å²) >= 11 is 1.08. The van der Waals surface area contributed by atoms with Crippen LogP contribution in [0.1, 0.15) is 48.4 Å². The summed E-state index contributed by atoms with van der Waals surface area (Å²) in [5, 5.41) is 8.53. The molecule has 162 valence electrons. The van der Waals surface area contributed by atoms with E-state index in [1.165, 1.54) is 12.0 Å². The van der Waals surface area contributed by atoms with Gasteiger partial charge in [0.25, 0.3) is 5.91 Å². The van der Waals surface area contributed by atoms with Crippen LogP contribution in [-0.2, 0) is 4.79 Å². The van der Waals surface area contributed by atoms with Gasteiger partial charge in [-0.2, -0.15) is 0 Å². The van der Waals surface area contributed by atoms with Crippen LogP contribution in [-0.4, -0.2) is 34.1 Å². The predicted octanol–water partition coefficient (Wildman–Crippen LogP) is 4.16. The third-order valence-electron chi connectivity index (χ3n) is 4.54. The van der Waals surface area contributed by atoms with Gasteiger partial charge in [0, 0.05) is 10.9 Å². The number of methoxy groups -OCH3 is 1. The normalized spacial score (nSPS) is 12.2. The lowest BCUT2D eigenvalue weighted by Gasteiger charge is -2.34. The van der Waals surface area contributed by atoms with Crippen molar-refractivity contribution in [2.75, 3.05) is 12.0 Å². The van der Waals surface area contributed by atoms with Crippen molar-refractivity contribution in [2.24, 2.45) is 0 Å². The molecule has 31 heavy (non-hydrogen) atoms. The Hall–Kier alpha value is -3.26. The molecule has 3 rings (SSSR count). The molecule has 0 aliphatic heterocycles. The van der Waals surface area contributed by atoms with Gasteiger partial charge in [0.15, 0.2) is 5.69 Å². The third kappa shape index (κ3) is 5.27. The number of aryl methyl sites for hydroxylation is 1. The van der Waals surface area contributed by atoms with E-state index in [-0.39, 0.29) is 11.6 Å². The van der Waals surface area contributed by atoms with Gasteiger partial charge in [0.05, 0.1) is 12.8 Å². The Balaban J connectivity index is 2.22. The van der Waals surface area contributed by atoms with Crippen molar-refractivity contribution < 1.29 is 14.3 Å². The summed E-state index contributed by atoms with van der Waals surface area (Å²) in [5.74, 6) is -0.272. The molecule has 3 aromatic rings. The highest BCUT2D eigenvalue weighted by molar-refractivity contribution is 7.03. The summed E-state index contributed by atoms with van der Waals surface area (Å²) in [6.07, 6.45) is 0. The van der Waals surface area contributed by atoms with E-state index < -0.39 is 17.5 Å². The van der Waals surface area contributed by atoms with Gasteiger partial charge in [-0.3, -0.25) is 14.5 Å². The zero-order valence-corrected chi connectivity index (χ0v) is 19.1. The maximum absolute atomic E-state index is 13.6. The number of ether oxygens (including phenoxy) is 1. The first-order valence-electron chi connectivity index (χ1n) is 9.83. The Kier molecular flexibility index (Phi) is 6.70. The number of nitrogens with one attached hydrogen (secondary N) is 1. The van der Waals surface area contributed by atoms with Gasteiger partial charge in [-0.25, -0.2) is 0 Å². The molecule has 0 saturated heterocycles. The minimum Gasteiger partial charge on any atom is -0.495 e. The zero-order valence-electron chi connectivity index (χ0n) is 18.2. The number of hydrogen-bond acceptors (Lipinski definition) is 6. The van der Waals surface area contributed by atoms with E-state index in [4.69, 9.17) is 4.74 Å². The first-order chi connectivity index (χ1) is 14.7. The molecule has 0 aliphatic rings. The average Bonchev–Trinajstić information content (AvgIpc) is 3.26. The largest absolute Gasteiger partial charge is 0.495 e. The van der Waals surface area contributed by atoms with Gasteiger partial charge in [-0.05, 0) is 56.9 Å². The number of amides is 2. The molecule has 8 heteroatoms. The minimum absolute atomic E-state index is 0.163. The quantitative estimate of drug-likeness (QED) is 0.625. The second kappa shape index (κ2) is 9.26. The standard InChI is InChI=1S/C23H26N4O3S/c1-15-10-12-16(13-11-15)20(21(28)24-23(2,3)4)27(22(29)17-14-31-26-25-17)18-8-6-7-9-19(18)30-5/h6-14,20H,1-5H3,(H,24,28)/t20-/m1/s1. The lowest BCUT2D eigenvalue weighted by Crippen LogP contribution is -2.49. The van der Waals surface area contributed by atoms with Crippen molar-refractivity contribution in [1.29, 1.82) is 0 Å². The monoisotopic (exact) mass is 438 g/mol. The molecule has 0 unspecified atom stereocenters. The van der Waals surface area contributed by atoms with Crippen LogP contribution in [0.3, 0.4) is 0 Å².